The fourth-order valence-electron chi connectivity index (χ4n) is 3.53. The highest BCUT2D eigenvalue weighted by atomic mass is 16.5. The summed E-state index contributed by atoms with van der Waals surface area (Å²) in [6.07, 6.45) is 1.44. The van der Waals surface area contributed by atoms with Crippen LogP contribution in [0.15, 0.2) is 6.07 Å². The Morgan fingerprint density at radius 2 is 1.82 bits per heavy atom. The van der Waals surface area contributed by atoms with Gasteiger partial charge in [0.2, 0.25) is 0 Å². The number of ether oxygens (including phenoxy) is 3. The number of carbonyl (C=O) groups is 2. The first-order valence-electron chi connectivity index (χ1n) is 9.17. The Morgan fingerprint density at radius 1 is 1.18 bits per heavy atom. The van der Waals surface area contributed by atoms with Crippen LogP contribution in [0.5, 0.6) is 17.2 Å². The van der Waals surface area contributed by atoms with Crippen LogP contribution < -0.4 is 24.8 Å². The second-order valence-electron chi connectivity index (χ2n) is 6.70. The van der Waals surface area contributed by atoms with Gasteiger partial charge in [0, 0.05) is 23.7 Å². The number of carbonyl (C=O) groups excluding carboxylic acids is 1. The first kappa shape index (κ1) is 21.6. The van der Waals surface area contributed by atoms with E-state index in [2.05, 4.69) is 10.6 Å². The smallest absolute Gasteiger partial charge is 0.319 e. The van der Waals surface area contributed by atoms with Crippen molar-refractivity contribution in [1.82, 2.24) is 10.2 Å². The van der Waals surface area contributed by atoms with Crippen LogP contribution in [0.2, 0.25) is 0 Å². The monoisotopic (exact) mass is 395 g/mol. The second kappa shape index (κ2) is 9.50. The molecule has 3 N–H and O–H groups in total. The quantitative estimate of drug-likeness (QED) is 0.587. The summed E-state index contributed by atoms with van der Waals surface area (Å²) in [5.74, 6) is 0.696. The van der Waals surface area contributed by atoms with Crippen LogP contribution in [-0.4, -0.2) is 68.5 Å². The number of nitrogens with one attached hydrogen (secondary N) is 2. The summed E-state index contributed by atoms with van der Waals surface area (Å²) in [7, 11) is 4.59. The number of carboxylic acid groups (broad SMARTS) is 1. The Bertz CT molecular complexity index is 718. The Hall–Kier alpha value is -2.68. The van der Waals surface area contributed by atoms with Crippen molar-refractivity contribution in [3.05, 3.63) is 11.6 Å². The molecule has 1 saturated carbocycles. The number of carboxylic acids is 1. The van der Waals surface area contributed by atoms with Gasteiger partial charge in [0.15, 0.2) is 11.5 Å². The van der Waals surface area contributed by atoms with Gasteiger partial charge >= 0.3 is 12.0 Å². The van der Waals surface area contributed by atoms with Gasteiger partial charge in [0.25, 0.3) is 0 Å². The molecule has 0 aromatic heterocycles. The zero-order valence-corrected chi connectivity index (χ0v) is 17.0. The van der Waals surface area contributed by atoms with Crippen molar-refractivity contribution in [2.75, 3.05) is 39.7 Å². The van der Waals surface area contributed by atoms with Crippen LogP contribution in [0.3, 0.4) is 0 Å². The van der Waals surface area contributed by atoms with Crippen LogP contribution in [0.4, 0.5) is 10.5 Å². The average molecular weight is 395 g/mol. The lowest BCUT2D eigenvalue weighted by molar-refractivity contribution is -0.139. The number of aliphatic carboxylic acids is 1. The summed E-state index contributed by atoms with van der Waals surface area (Å²) in [6, 6.07) is 1.47. The lowest BCUT2D eigenvalue weighted by atomic mass is 9.85. The van der Waals surface area contributed by atoms with E-state index < -0.39 is 5.97 Å². The number of methoxy groups -OCH3 is 3. The molecule has 1 fully saturated rings. The van der Waals surface area contributed by atoms with Crippen molar-refractivity contribution >= 4 is 17.7 Å². The predicted octanol–water partition coefficient (Wildman–Crippen LogP) is 2.08. The maximum Gasteiger partial charge on any atom is 0.319 e. The van der Waals surface area contributed by atoms with Crippen LogP contribution >= 0.6 is 0 Å². The highest BCUT2D eigenvalue weighted by molar-refractivity contribution is 5.92. The minimum Gasteiger partial charge on any atom is -0.494 e. The van der Waals surface area contributed by atoms with Gasteiger partial charge < -0.3 is 30.0 Å². The minimum atomic E-state index is -0.841. The molecular weight excluding hydrogens is 366 g/mol. The number of anilines is 1. The summed E-state index contributed by atoms with van der Waals surface area (Å²) in [6.45, 7) is 4.43. The molecule has 0 atom stereocenters. The lowest BCUT2D eigenvalue weighted by Crippen LogP contribution is -2.55. The van der Waals surface area contributed by atoms with Gasteiger partial charge in [-0.1, -0.05) is 6.92 Å². The molecule has 1 aromatic carbocycles. The van der Waals surface area contributed by atoms with E-state index >= 15 is 0 Å². The molecule has 0 unspecified atom stereocenters. The lowest BCUT2D eigenvalue weighted by Gasteiger charge is -2.42. The van der Waals surface area contributed by atoms with Crippen molar-refractivity contribution in [3.8, 4) is 17.2 Å². The molecule has 2 amide bonds. The molecule has 0 aliphatic heterocycles. The maximum absolute atomic E-state index is 12.4. The molecule has 0 bridgehead atoms. The van der Waals surface area contributed by atoms with Crippen molar-refractivity contribution in [2.45, 2.75) is 38.8 Å². The minimum absolute atomic E-state index is 0.0000747. The third kappa shape index (κ3) is 4.78. The highest BCUT2D eigenvalue weighted by Gasteiger charge is 2.34. The third-order valence-corrected chi connectivity index (χ3v) is 5.01. The fraction of sp³-hybridized carbons (Fsp3) is 0.579. The number of hydrogen-bond donors (Lipinski definition) is 3. The first-order chi connectivity index (χ1) is 13.3. The molecule has 1 aliphatic rings. The molecule has 0 saturated heterocycles. The second-order valence-corrected chi connectivity index (χ2v) is 6.70. The zero-order valence-electron chi connectivity index (χ0n) is 17.0. The number of amides is 2. The van der Waals surface area contributed by atoms with E-state index in [0.717, 1.165) is 18.4 Å². The molecule has 0 radical (unpaired) electrons. The number of likely N-dealkylation sites (N-methyl/N-ethyl adjacent to an activating group) is 1. The van der Waals surface area contributed by atoms with Crippen LogP contribution in [0.1, 0.15) is 25.3 Å². The van der Waals surface area contributed by atoms with Gasteiger partial charge in [-0.2, -0.15) is 0 Å². The van der Waals surface area contributed by atoms with Gasteiger partial charge in [-0.3, -0.25) is 9.69 Å². The Morgan fingerprint density at radius 3 is 2.32 bits per heavy atom. The van der Waals surface area contributed by atoms with Crippen LogP contribution in [-0.2, 0) is 4.79 Å². The van der Waals surface area contributed by atoms with Gasteiger partial charge in [-0.25, -0.2) is 4.79 Å². The summed E-state index contributed by atoms with van der Waals surface area (Å²) >= 11 is 0. The standard InChI is InChI=1S/C19H29N3O6/c1-6-22(10-16(23)24)13-7-12(8-13)20-19(25)21-14-9-15(26-3)18(28-5)11(2)17(14)27-4/h9,12-13H,6-8,10H2,1-5H3,(H,23,24)(H2,20,21,25). The largest absolute Gasteiger partial charge is 0.494 e. The summed E-state index contributed by atoms with van der Waals surface area (Å²) in [4.78, 5) is 25.2. The van der Waals surface area contributed by atoms with Crippen molar-refractivity contribution in [2.24, 2.45) is 0 Å². The van der Waals surface area contributed by atoms with Crippen molar-refractivity contribution in [1.29, 1.82) is 0 Å². The summed E-state index contributed by atoms with van der Waals surface area (Å²) < 4.78 is 16.1. The van der Waals surface area contributed by atoms with E-state index in [1.54, 1.807) is 13.2 Å². The number of nitrogens with zero attached hydrogens (tertiary/aromatic N) is 1. The molecule has 28 heavy (non-hydrogen) atoms. The van der Waals surface area contributed by atoms with Gasteiger partial charge in [-0.15, -0.1) is 0 Å². The van der Waals surface area contributed by atoms with Crippen molar-refractivity contribution < 1.29 is 28.9 Å². The maximum atomic E-state index is 12.4. The number of benzene rings is 1. The molecule has 2 rings (SSSR count). The molecule has 9 heteroatoms. The van der Waals surface area contributed by atoms with Gasteiger partial charge in [0.05, 0.1) is 33.6 Å². The van der Waals surface area contributed by atoms with Crippen molar-refractivity contribution in [3.63, 3.8) is 0 Å². The van der Waals surface area contributed by atoms with E-state index in [0.29, 0.717) is 29.5 Å². The third-order valence-electron chi connectivity index (χ3n) is 5.01. The molecule has 0 spiro atoms. The van der Waals surface area contributed by atoms with E-state index in [4.69, 9.17) is 19.3 Å². The van der Waals surface area contributed by atoms with Crippen LogP contribution in [0, 0.1) is 6.92 Å². The number of urea groups is 1. The number of hydrogen-bond acceptors (Lipinski definition) is 6. The van der Waals surface area contributed by atoms with E-state index in [1.807, 2.05) is 18.7 Å². The predicted molar refractivity (Wildman–Crippen MR) is 105 cm³/mol. The van der Waals surface area contributed by atoms with Gasteiger partial charge in [0.1, 0.15) is 5.75 Å². The highest BCUT2D eigenvalue weighted by Crippen LogP contribution is 2.42. The molecule has 1 aliphatic carbocycles. The van der Waals surface area contributed by atoms with Gasteiger partial charge in [-0.05, 0) is 26.3 Å². The number of rotatable bonds is 9. The fourth-order valence-corrected chi connectivity index (χ4v) is 3.53. The zero-order chi connectivity index (χ0) is 20.8. The van der Waals surface area contributed by atoms with E-state index in [9.17, 15) is 9.59 Å². The SMILES string of the molecule is CCN(CC(=O)O)C1CC(NC(=O)Nc2cc(OC)c(OC)c(C)c2OC)C1. The first-order valence-corrected chi connectivity index (χ1v) is 9.17. The molecule has 9 nitrogen and oxygen atoms in total. The molecule has 156 valence electrons. The topological polar surface area (TPSA) is 109 Å². The molecule has 1 aromatic rings. The summed E-state index contributed by atoms with van der Waals surface area (Å²) in [5, 5.41) is 14.7. The van der Waals surface area contributed by atoms with E-state index in [-0.39, 0.29) is 24.7 Å². The summed E-state index contributed by atoms with van der Waals surface area (Å²) in [5.41, 5.74) is 1.20. The normalized spacial score (nSPS) is 18.2. The Labute approximate surface area is 164 Å². The Kier molecular flexibility index (Phi) is 7.33. The molecular formula is C19H29N3O6. The average Bonchev–Trinajstić information content (AvgIpc) is 2.62. The van der Waals surface area contributed by atoms with Crippen LogP contribution in [0.25, 0.3) is 0 Å². The molecule has 0 heterocycles. The van der Waals surface area contributed by atoms with E-state index in [1.165, 1.54) is 14.2 Å². The Balaban J connectivity index is 1.99.